The quantitative estimate of drug-likeness (QED) is 0.729. The third kappa shape index (κ3) is 6.59. The van der Waals surface area contributed by atoms with Gasteiger partial charge in [-0.2, -0.15) is 0 Å². The van der Waals surface area contributed by atoms with Crippen LogP contribution in [0, 0.1) is 5.92 Å². The standard InChI is InChI=1S/C13H27N3O2/c1-10(7-6-8-11(2)14)13(18)16(5)9-12(17)15(3)4/h10-11H,6-9,14H2,1-5H3. The van der Waals surface area contributed by atoms with Gasteiger partial charge < -0.3 is 15.5 Å². The summed E-state index contributed by atoms with van der Waals surface area (Å²) in [6.45, 7) is 4.01. The van der Waals surface area contributed by atoms with E-state index in [0.29, 0.717) is 0 Å². The van der Waals surface area contributed by atoms with Crippen molar-refractivity contribution in [3.8, 4) is 0 Å². The summed E-state index contributed by atoms with van der Waals surface area (Å²) >= 11 is 0. The fourth-order valence-electron chi connectivity index (χ4n) is 1.67. The molecule has 0 rings (SSSR count). The van der Waals surface area contributed by atoms with E-state index < -0.39 is 0 Å². The second-order valence-corrected chi connectivity index (χ2v) is 5.29. The SMILES string of the molecule is CC(N)CCCC(C)C(=O)N(C)CC(=O)N(C)C. The van der Waals surface area contributed by atoms with Crippen molar-refractivity contribution in [2.24, 2.45) is 11.7 Å². The van der Waals surface area contributed by atoms with Crippen LogP contribution >= 0.6 is 0 Å². The zero-order valence-electron chi connectivity index (χ0n) is 12.3. The van der Waals surface area contributed by atoms with Gasteiger partial charge in [-0.15, -0.1) is 0 Å². The van der Waals surface area contributed by atoms with E-state index in [2.05, 4.69) is 0 Å². The third-order valence-electron chi connectivity index (χ3n) is 2.97. The van der Waals surface area contributed by atoms with Gasteiger partial charge in [-0.1, -0.05) is 13.3 Å². The zero-order chi connectivity index (χ0) is 14.3. The summed E-state index contributed by atoms with van der Waals surface area (Å²) in [4.78, 5) is 26.5. The molecule has 2 unspecified atom stereocenters. The Morgan fingerprint density at radius 2 is 1.67 bits per heavy atom. The molecule has 0 aromatic rings. The van der Waals surface area contributed by atoms with E-state index in [1.54, 1.807) is 21.1 Å². The topological polar surface area (TPSA) is 66.6 Å². The van der Waals surface area contributed by atoms with Gasteiger partial charge >= 0.3 is 0 Å². The molecule has 0 aromatic carbocycles. The van der Waals surface area contributed by atoms with Gasteiger partial charge in [-0.05, 0) is 19.8 Å². The maximum absolute atomic E-state index is 12.0. The Labute approximate surface area is 110 Å². The summed E-state index contributed by atoms with van der Waals surface area (Å²) in [5, 5.41) is 0. The zero-order valence-corrected chi connectivity index (χ0v) is 12.3. The number of hydrogen-bond acceptors (Lipinski definition) is 3. The van der Waals surface area contributed by atoms with E-state index in [-0.39, 0.29) is 30.3 Å². The van der Waals surface area contributed by atoms with Crippen LogP contribution in [0.4, 0.5) is 0 Å². The molecule has 0 bridgehead atoms. The summed E-state index contributed by atoms with van der Waals surface area (Å²) in [7, 11) is 5.05. The summed E-state index contributed by atoms with van der Waals surface area (Å²) in [6.07, 6.45) is 2.69. The molecule has 5 nitrogen and oxygen atoms in total. The van der Waals surface area contributed by atoms with Crippen molar-refractivity contribution < 1.29 is 9.59 Å². The fourth-order valence-corrected chi connectivity index (χ4v) is 1.67. The minimum atomic E-state index is -0.0615. The number of likely N-dealkylation sites (N-methyl/N-ethyl adjacent to an activating group) is 2. The van der Waals surface area contributed by atoms with Crippen LogP contribution in [0.25, 0.3) is 0 Å². The van der Waals surface area contributed by atoms with Crippen LogP contribution in [0.5, 0.6) is 0 Å². The normalized spacial score (nSPS) is 13.9. The number of rotatable bonds is 7. The van der Waals surface area contributed by atoms with Crippen molar-refractivity contribution in [1.82, 2.24) is 9.80 Å². The molecule has 0 aromatic heterocycles. The monoisotopic (exact) mass is 257 g/mol. The van der Waals surface area contributed by atoms with E-state index in [9.17, 15) is 9.59 Å². The van der Waals surface area contributed by atoms with Crippen molar-refractivity contribution in [1.29, 1.82) is 0 Å². The first-order valence-corrected chi connectivity index (χ1v) is 6.46. The van der Waals surface area contributed by atoms with Crippen molar-refractivity contribution in [2.75, 3.05) is 27.7 Å². The molecular formula is C13H27N3O2. The second-order valence-electron chi connectivity index (χ2n) is 5.29. The number of nitrogens with zero attached hydrogens (tertiary/aromatic N) is 2. The fraction of sp³-hybridized carbons (Fsp3) is 0.846. The predicted molar refractivity (Wildman–Crippen MR) is 73.0 cm³/mol. The molecule has 0 aliphatic rings. The Kier molecular flexibility index (Phi) is 7.59. The lowest BCUT2D eigenvalue weighted by molar-refractivity contribution is -0.140. The van der Waals surface area contributed by atoms with Crippen molar-refractivity contribution in [2.45, 2.75) is 39.2 Å². The number of amides is 2. The van der Waals surface area contributed by atoms with Crippen LogP contribution in [0.3, 0.4) is 0 Å². The van der Waals surface area contributed by atoms with Gasteiger partial charge in [0.2, 0.25) is 11.8 Å². The predicted octanol–water partition coefficient (Wildman–Crippen LogP) is 0.687. The van der Waals surface area contributed by atoms with E-state index in [1.165, 1.54) is 9.80 Å². The van der Waals surface area contributed by atoms with Gasteiger partial charge in [0.25, 0.3) is 0 Å². The number of carbonyl (C=O) groups excluding carboxylic acids is 2. The molecule has 0 aliphatic heterocycles. The highest BCUT2D eigenvalue weighted by Crippen LogP contribution is 2.11. The van der Waals surface area contributed by atoms with E-state index in [1.807, 2.05) is 13.8 Å². The second kappa shape index (κ2) is 8.08. The maximum atomic E-state index is 12.0. The van der Waals surface area contributed by atoms with Crippen LogP contribution in [0.2, 0.25) is 0 Å². The molecule has 0 aliphatic carbocycles. The third-order valence-corrected chi connectivity index (χ3v) is 2.97. The molecule has 18 heavy (non-hydrogen) atoms. The number of carbonyl (C=O) groups is 2. The van der Waals surface area contributed by atoms with E-state index in [4.69, 9.17) is 5.73 Å². The van der Waals surface area contributed by atoms with Gasteiger partial charge in [-0.3, -0.25) is 9.59 Å². The first-order chi connectivity index (χ1) is 8.25. The summed E-state index contributed by atoms with van der Waals surface area (Å²) < 4.78 is 0. The van der Waals surface area contributed by atoms with Crippen LogP contribution in [-0.4, -0.2) is 55.3 Å². The average Bonchev–Trinajstić information content (AvgIpc) is 2.26. The summed E-state index contributed by atoms with van der Waals surface area (Å²) in [5.74, 6) is -0.0905. The molecule has 0 radical (unpaired) electrons. The molecule has 0 saturated heterocycles. The Hall–Kier alpha value is -1.10. The Bertz CT molecular complexity index is 277. The molecule has 2 N–H and O–H groups in total. The smallest absolute Gasteiger partial charge is 0.241 e. The maximum Gasteiger partial charge on any atom is 0.241 e. The Balaban J connectivity index is 4.08. The molecule has 2 atom stereocenters. The minimum Gasteiger partial charge on any atom is -0.347 e. The van der Waals surface area contributed by atoms with E-state index >= 15 is 0 Å². The van der Waals surface area contributed by atoms with Crippen molar-refractivity contribution in [3.05, 3.63) is 0 Å². The van der Waals surface area contributed by atoms with Crippen LogP contribution in [-0.2, 0) is 9.59 Å². The Morgan fingerprint density at radius 1 is 1.11 bits per heavy atom. The van der Waals surface area contributed by atoms with Crippen molar-refractivity contribution >= 4 is 11.8 Å². The molecule has 0 heterocycles. The summed E-state index contributed by atoms with van der Waals surface area (Å²) in [5.41, 5.74) is 5.67. The summed E-state index contributed by atoms with van der Waals surface area (Å²) in [6, 6.07) is 0.181. The highest BCUT2D eigenvalue weighted by atomic mass is 16.2. The van der Waals surface area contributed by atoms with E-state index in [0.717, 1.165) is 19.3 Å². The lowest BCUT2D eigenvalue weighted by Gasteiger charge is -2.22. The van der Waals surface area contributed by atoms with Crippen LogP contribution in [0.1, 0.15) is 33.1 Å². The van der Waals surface area contributed by atoms with Gasteiger partial charge in [0.15, 0.2) is 0 Å². The first kappa shape index (κ1) is 16.9. The van der Waals surface area contributed by atoms with Gasteiger partial charge in [0.1, 0.15) is 0 Å². The molecule has 0 fully saturated rings. The molecule has 106 valence electrons. The van der Waals surface area contributed by atoms with Gasteiger partial charge in [0.05, 0.1) is 6.54 Å². The molecule has 0 saturated carbocycles. The highest BCUT2D eigenvalue weighted by molar-refractivity contribution is 5.85. The first-order valence-electron chi connectivity index (χ1n) is 6.46. The highest BCUT2D eigenvalue weighted by Gasteiger charge is 2.19. The molecular weight excluding hydrogens is 230 g/mol. The number of nitrogens with two attached hydrogens (primary N) is 1. The van der Waals surface area contributed by atoms with Crippen LogP contribution in [0.15, 0.2) is 0 Å². The molecule has 0 spiro atoms. The lowest BCUT2D eigenvalue weighted by Crippen LogP contribution is -2.40. The molecule has 5 heteroatoms. The van der Waals surface area contributed by atoms with Gasteiger partial charge in [0, 0.05) is 33.1 Å². The number of hydrogen-bond donors (Lipinski definition) is 1. The lowest BCUT2D eigenvalue weighted by atomic mass is 10.0. The van der Waals surface area contributed by atoms with Crippen molar-refractivity contribution in [3.63, 3.8) is 0 Å². The molecule has 2 amide bonds. The van der Waals surface area contributed by atoms with Crippen LogP contribution < -0.4 is 5.73 Å². The van der Waals surface area contributed by atoms with Gasteiger partial charge in [-0.25, -0.2) is 0 Å². The Morgan fingerprint density at radius 3 is 2.11 bits per heavy atom. The minimum absolute atomic E-state index is 0.0230. The largest absolute Gasteiger partial charge is 0.347 e. The average molecular weight is 257 g/mol.